The van der Waals surface area contributed by atoms with E-state index in [9.17, 15) is 9.59 Å². The maximum absolute atomic E-state index is 12.6. The normalized spacial score (nSPS) is 11.3. The van der Waals surface area contributed by atoms with E-state index in [1.807, 2.05) is 42.1 Å². The zero-order valence-corrected chi connectivity index (χ0v) is 14.9. The fraction of sp³-hybridized carbons (Fsp3) is 0.167. The molecule has 0 aliphatic carbocycles. The molecule has 3 aromatic heterocycles. The van der Waals surface area contributed by atoms with Gasteiger partial charge in [0.25, 0.3) is 5.56 Å². The van der Waals surface area contributed by atoms with Crippen molar-refractivity contribution in [3.8, 4) is 17.1 Å². The molecule has 1 aromatic carbocycles. The lowest BCUT2D eigenvalue weighted by atomic mass is 10.1. The van der Waals surface area contributed by atoms with E-state index in [4.69, 9.17) is 0 Å². The molecule has 0 atom stereocenters. The second kappa shape index (κ2) is 5.56. The smallest absolute Gasteiger partial charge is 0.335 e. The number of fused-ring (bicyclic) bond motifs is 1. The summed E-state index contributed by atoms with van der Waals surface area (Å²) in [6, 6.07) is 11.0. The molecule has 126 valence electrons. The molecule has 0 amide bonds. The third-order valence-electron chi connectivity index (χ3n) is 4.46. The van der Waals surface area contributed by atoms with Crippen LogP contribution in [0.3, 0.4) is 0 Å². The first kappa shape index (κ1) is 15.6. The van der Waals surface area contributed by atoms with Crippen LogP contribution in [0.2, 0.25) is 0 Å². The van der Waals surface area contributed by atoms with Crippen molar-refractivity contribution in [1.29, 1.82) is 0 Å². The van der Waals surface area contributed by atoms with E-state index in [2.05, 4.69) is 4.37 Å². The van der Waals surface area contributed by atoms with Crippen molar-refractivity contribution in [1.82, 2.24) is 18.1 Å². The summed E-state index contributed by atoms with van der Waals surface area (Å²) in [5.74, 6) is 0. The minimum atomic E-state index is -0.354. The monoisotopic (exact) mass is 352 g/mol. The largest absolute Gasteiger partial charge is 0.349 e. The first-order chi connectivity index (χ1) is 12.0. The number of benzene rings is 1. The van der Waals surface area contributed by atoms with Crippen molar-refractivity contribution < 1.29 is 0 Å². The Balaban J connectivity index is 2.00. The number of rotatable bonds is 2. The van der Waals surface area contributed by atoms with Crippen molar-refractivity contribution >= 4 is 21.6 Å². The Bertz CT molecular complexity index is 1230. The predicted octanol–water partition coefficient (Wildman–Crippen LogP) is 2.46. The molecule has 0 radical (unpaired) electrons. The minimum absolute atomic E-state index is 0.330. The van der Waals surface area contributed by atoms with E-state index < -0.39 is 0 Å². The van der Waals surface area contributed by atoms with Gasteiger partial charge < -0.3 is 9.13 Å². The predicted molar refractivity (Wildman–Crippen MR) is 99.6 cm³/mol. The molecule has 6 nitrogen and oxygen atoms in total. The van der Waals surface area contributed by atoms with Gasteiger partial charge in [0.05, 0.1) is 16.1 Å². The summed E-state index contributed by atoms with van der Waals surface area (Å²) in [6.45, 7) is 1.74. The van der Waals surface area contributed by atoms with Crippen LogP contribution in [0, 0.1) is 6.92 Å². The number of hydrogen-bond acceptors (Lipinski definition) is 4. The molecule has 7 heteroatoms. The quantitative estimate of drug-likeness (QED) is 0.557. The van der Waals surface area contributed by atoms with Crippen molar-refractivity contribution in [3.05, 3.63) is 69.1 Å². The van der Waals surface area contributed by atoms with Gasteiger partial charge in [-0.2, -0.15) is 4.37 Å². The molecule has 3 heterocycles. The van der Waals surface area contributed by atoms with Crippen LogP contribution in [0.5, 0.6) is 0 Å². The van der Waals surface area contributed by atoms with Crippen LogP contribution in [0.4, 0.5) is 0 Å². The zero-order valence-electron chi connectivity index (χ0n) is 14.1. The highest BCUT2D eigenvalue weighted by Crippen LogP contribution is 2.32. The van der Waals surface area contributed by atoms with Crippen LogP contribution in [-0.4, -0.2) is 18.1 Å². The molecule has 0 aliphatic heterocycles. The standard InChI is InChI=1S/C18H16N4O2S/c1-11-9-16(23)22(18(24)21(11)3)12-6-7-15-13(10-12)17(19-25-15)14-5-4-8-20(14)2/h4-10H,1-3H3. The molecule has 0 spiro atoms. The van der Waals surface area contributed by atoms with E-state index in [0.29, 0.717) is 11.4 Å². The Labute approximate surface area is 147 Å². The Hall–Kier alpha value is -2.93. The van der Waals surface area contributed by atoms with Gasteiger partial charge in [-0.3, -0.25) is 4.79 Å². The van der Waals surface area contributed by atoms with Crippen LogP contribution in [0.25, 0.3) is 27.2 Å². The second-order valence-electron chi connectivity index (χ2n) is 6.02. The summed E-state index contributed by atoms with van der Waals surface area (Å²) in [4.78, 5) is 24.9. The van der Waals surface area contributed by atoms with E-state index >= 15 is 0 Å². The lowest BCUT2D eigenvalue weighted by Crippen LogP contribution is -2.38. The molecule has 25 heavy (non-hydrogen) atoms. The Morgan fingerprint density at radius 2 is 1.88 bits per heavy atom. The van der Waals surface area contributed by atoms with Crippen LogP contribution in [-0.2, 0) is 14.1 Å². The molecular formula is C18H16N4O2S. The lowest BCUT2D eigenvalue weighted by Gasteiger charge is -2.09. The zero-order chi connectivity index (χ0) is 17.7. The molecule has 0 unspecified atom stereocenters. The molecule has 0 saturated heterocycles. The van der Waals surface area contributed by atoms with Crippen LogP contribution in [0.1, 0.15) is 5.69 Å². The van der Waals surface area contributed by atoms with Crippen molar-refractivity contribution in [3.63, 3.8) is 0 Å². The fourth-order valence-electron chi connectivity index (χ4n) is 2.93. The molecule has 0 saturated carbocycles. The van der Waals surface area contributed by atoms with E-state index in [1.165, 1.54) is 26.7 Å². The number of nitrogens with zero attached hydrogens (tertiary/aromatic N) is 4. The highest BCUT2D eigenvalue weighted by Gasteiger charge is 2.14. The van der Waals surface area contributed by atoms with Gasteiger partial charge in [0.15, 0.2) is 0 Å². The fourth-order valence-corrected chi connectivity index (χ4v) is 3.69. The van der Waals surface area contributed by atoms with E-state index in [0.717, 1.165) is 21.5 Å². The first-order valence-corrected chi connectivity index (χ1v) is 8.56. The highest BCUT2D eigenvalue weighted by molar-refractivity contribution is 7.13. The van der Waals surface area contributed by atoms with E-state index in [1.54, 1.807) is 20.0 Å². The molecule has 4 rings (SSSR count). The number of hydrogen-bond donors (Lipinski definition) is 0. The second-order valence-corrected chi connectivity index (χ2v) is 6.82. The van der Waals surface area contributed by atoms with Gasteiger partial charge in [-0.1, -0.05) is 0 Å². The van der Waals surface area contributed by atoms with Gasteiger partial charge in [0, 0.05) is 37.4 Å². The summed E-state index contributed by atoms with van der Waals surface area (Å²) >= 11 is 1.40. The third kappa shape index (κ3) is 2.35. The minimum Gasteiger partial charge on any atom is -0.349 e. The number of aromatic nitrogens is 4. The summed E-state index contributed by atoms with van der Waals surface area (Å²) < 4.78 is 10.2. The van der Waals surface area contributed by atoms with Gasteiger partial charge in [-0.25, -0.2) is 9.36 Å². The molecular weight excluding hydrogens is 336 g/mol. The van der Waals surface area contributed by atoms with Gasteiger partial charge in [-0.15, -0.1) is 0 Å². The SMILES string of the molecule is Cc1cc(=O)n(-c2ccc3snc(-c4cccn4C)c3c2)c(=O)n1C. The average Bonchev–Trinajstić information content (AvgIpc) is 3.18. The Morgan fingerprint density at radius 3 is 2.60 bits per heavy atom. The van der Waals surface area contributed by atoms with Gasteiger partial charge in [0.1, 0.15) is 5.69 Å². The lowest BCUT2D eigenvalue weighted by molar-refractivity contribution is 0.714. The number of aryl methyl sites for hydroxylation is 2. The topological polar surface area (TPSA) is 61.8 Å². The molecule has 0 bridgehead atoms. The molecule has 0 fully saturated rings. The van der Waals surface area contributed by atoms with Gasteiger partial charge in [-0.05, 0) is 48.8 Å². The average molecular weight is 352 g/mol. The van der Waals surface area contributed by atoms with E-state index in [-0.39, 0.29) is 11.2 Å². The molecule has 4 aromatic rings. The molecule has 0 aliphatic rings. The summed E-state index contributed by atoms with van der Waals surface area (Å²) in [6.07, 6.45) is 1.96. The first-order valence-electron chi connectivity index (χ1n) is 7.78. The highest BCUT2D eigenvalue weighted by atomic mass is 32.1. The summed E-state index contributed by atoms with van der Waals surface area (Å²) in [5.41, 5.74) is 2.35. The summed E-state index contributed by atoms with van der Waals surface area (Å²) in [5, 5.41) is 0.929. The Kier molecular flexibility index (Phi) is 3.47. The Morgan fingerprint density at radius 1 is 1.08 bits per heavy atom. The maximum atomic E-state index is 12.6. The van der Waals surface area contributed by atoms with Crippen molar-refractivity contribution in [2.45, 2.75) is 6.92 Å². The van der Waals surface area contributed by atoms with Crippen LogP contribution < -0.4 is 11.2 Å². The van der Waals surface area contributed by atoms with Crippen LogP contribution in [0.15, 0.2) is 52.2 Å². The third-order valence-corrected chi connectivity index (χ3v) is 5.28. The van der Waals surface area contributed by atoms with Gasteiger partial charge >= 0.3 is 5.69 Å². The van der Waals surface area contributed by atoms with Crippen molar-refractivity contribution in [2.24, 2.45) is 14.1 Å². The van der Waals surface area contributed by atoms with Gasteiger partial charge in [0.2, 0.25) is 0 Å². The summed E-state index contributed by atoms with van der Waals surface area (Å²) in [7, 11) is 3.62. The maximum Gasteiger partial charge on any atom is 0.335 e. The van der Waals surface area contributed by atoms with Crippen molar-refractivity contribution in [2.75, 3.05) is 0 Å². The van der Waals surface area contributed by atoms with Crippen LogP contribution >= 0.6 is 11.5 Å². The molecule has 0 N–H and O–H groups in total.